The van der Waals surface area contributed by atoms with Crippen molar-refractivity contribution in [2.24, 2.45) is 5.73 Å². The van der Waals surface area contributed by atoms with Gasteiger partial charge in [0.05, 0.1) is 0 Å². The first kappa shape index (κ1) is 10.8. The Morgan fingerprint density at radius 2 is 2.29 bits per heavy atom. The highest BCUT2D eigenvalue weighted by Gasteiger charge is 2.01. The predicted octanol–water partition coefficient (Wildman–Crippen LogP) is 0.335. The molecule has 6 heteroatoms. The van der Waals surface area contributed by atoms with E-state index in [1.807, 2.05) is 6.92 Å². The third-order valence-electron chi connectivity index (χ3n) is 1.43. The molecule has 0 fully saturated rings. The van der Waals surface area contributed by atoms with Crippen LogP contribution in [0.25, 0.3) is 0 Å². The molecule has 0 aliphatic carbocycles. The maximum atomic E-state index is 10.5. The zero-order valence-corrected chi connectivity index (χ0v) is 8.67. The summed E-state index contributed by atoms with van der Waals surface area (Å²) < 4.78 is 0. The summed E-state index contributed by atoms with van der Waals surface area (Å²) >= 11 is 1.37. The minimum atomic E-state index is -0.321. The van der Waals surface area contributed by atoms with Gasteiger partial charge in [0, 0.05) is 23.9 Å². The lowest BCUT2D eigenvalue weighted by Crippen LogP contribution is -2.11. The quantitative estimate of drug-likeness (QED) is 0.554. The highest BCUT2D eigenvalue weighted by atomic mass is 32.2. The monoisotopic (exact) mass is 212 g/mol. The molecule has 0 atom stereocenters. The number of carbonyl (C=O) groups is 1. The molecule has 1 amide bonds. The first-order valence-corrected chi connectivity index (χ1v) is 5.09. The smallest absolute Gasteiger partial charge is 0.218 e. The number of nitrogens with zero attached hydrogens (tertiary/aromatic N) is 2. The number of hydrogen-bond donors (Lipinski definition) is 2. The number of nitrogens with two attached hydrogens (primary N) is 2. The fourth-order valence-corrected chi connectivity index (χ4v) is 1.74. The molecule has 4 N–H and O–H groups in total. The second-order valence-electron chi connectivity index (χ2n) is 2.78. The Morgan fingerprint density at radius 3 is 2.86 bits per heavy atom. The van der Waals surface area contributed by atoms with Gasteiger partial charge in [-0.15, -0.1) is 0 Å². The topological polar surface area (TPSA) is 94.9 Å². The van der Waals surface area contributed by atoms with E-state index in [2.05, 4.69) is 9.97 Å². The molecule has 1 aromatic heterocycles. The van der Waals surface area contributed by atoms with Gasteiger partial charge >= 0.3 is 0 Å². The number of amides is 1. The maximum absolute atomic E-state index is 10.5. The lowest BCUT2D eigenvalue weighted by molar-refractivity contribution is -0.117. The summed E-state index contributed by atoms with van der Waals surface area (Å²) in [4.78, 5) is 18.6. The number of nitrogen functional groups attached to an aromatic ring is 1. The molecule has 0 aromatic carbocycles. The van der Waals surface area contributed by atoms with Crippen molar-refractivity contribution in [1.82, 2.24) is 9.97 Å². The van der Waals surface area contributed by atoms with E-state index >= 15 is 0 Å². The minimum absolute atomic E-state index is 0.321. The van der Waals surface area contributed by atoms with E-state index < -0.39 is 0 Å². The molecule has 0 saturated heterocycles. The molecule has 0 spiro atoms. The van der Waals surface area contributed by atoms with Crippen molar-refractivity contribution in [2.75, 3.05) is 11.5 Å². The fraction of sp³-hybridized carbons (Fsp3) is 0.375. The number of aryl methyl sites for hydroxylation is 1. The van der Waals surface area contributed by atoms with Crippen LogP contribution in [-0.2, 0) is 4.79 Å². The number of thioether (sulfide) groups is 1. The van der Waals surface area contributed by atoms with Gasteiger partial charge in [0.2, 0.25) is 5.91 Å². The molecule has 0 radical (unpaired) electrons. The molecule has 0 aliphatic heterocycles. The Morgan fingerprint density at radius 1 is 1.57 bits per heavy atom. The molecule has 0 saturated carbocycles. The van der Waals surface area contributed by atoms with Crippen molar-refractivity contribution in [1.29, 1.82) is 0 Å². The van der Waals surface area contributed by atoms with Gasteiger partial charge in [0.1, 0.15) is 5.82 Å². The molecule has 0 unspecified atom stereocenters. The standard InChI is InChI=1S/C8H12N4OS/c1-5-4-6(9)12-8(11-5)14-3-2-7(10)13/h4H,2-3H2,1H3,(H2,10,13)(H2,9,11,12). The van der Waals surface area contributed by atoms with E-state index in [1.165, 1.54) is 11.8 Å². The van der Waals surface area contributed by atoms with Crippen LogP contribution in [0.15, 0.2) is 11.2 Å². The molecular formula is C8H12N4OS. The van der Waals surface area contributed by atoms with Gasteiger partial charge in [-0.2, -0.15) is 0 Å². The number of aromatic nitrogens is 2. The van der Waals surface area contributed by atoms with Crippen LogP contribution in [0.3, 0.4) is 0 Å². The average molecular weight is 212 g/mol. The Hall–Kier alpha value is -1.30. The van der Waals surface area contributed by atoms with E-state index in [0.717, 1.165) is 5.69 Å². The molecule has 0 bridgehead atoms. The highest BCUT2D eigenvalue weighted by molar-refractivity contribution is 7.99. The second kappa shape index (κ2) is 4.80. The number of primary amides is 1. The third kappa shape index (κ3) is 3.61. The fourth-order valence-electron chi connectivity index (χ4n) is 0.872. The molecule has 0 aliphatic rings. The molecule has 14 heavy (non-hydrogen) atoms. The van der Waals surface area contributed by atoms with Crippen LogP contribution in [0.5, 0.6) is 0 Å². The SMILES string of the molecule is Cc1cc(N)nc(SCCC(N)=O)n1. The van der Waals surface area contributed by atoms with Crippen LogP contribution >= 0.6 is 11.8 Å². The summed E-state index contributed by atoms with van der Waals surface area (Å²) in [6.07, 6.45) is 0.321. The van der Waals surface area contributed by atoms with Crippen molar-refractivity contribution < 1.29 is 4.79 Å². The van der Waals surface area contributed by atoms with Crippen molar-refractivity contribution in [3.8, 4) is 0 Å². The molecule has 5 nitrogen and oxygen atoms in total. The average Bonchev–Trinajstić information content (AvgIpc) is 2.01. The summed E-state index contributed by atoms with van der Waals surface area (Å²) in [6, 6.07) is 1.69. The van der Waals surface area contributed by atoms with E-state index in [0.29, 0.717) is 23.1 Å². The molecule has 1 aromatic rings. The molecular weight excluding hydrogens is 200 g/mol. The van der Waals surface area contributed by atoms with E-state index in [9.17, 15) is 4.79 Å². The van der Waals surface area contributed by atoms with Crippen molar-refractivity contribution in [2.45, 2.75) is 18.5 Å². The summed E-state index contributed by atoms with van der Waals surface area (Å²) in [6.45, 7) is 1.84. The van der Waals surface area contributed by atoms with Gasteiger partial charge in [0.15, 0.2) is 5.16 Å². The van der Waals surface area contributed by atoms with Crippen LogP contribution in [-0.4, -0.2) is 21.6 Å². The molecule has 1 rings (SSSR count). The number of rotatable bonds is 4. The van der Waals surface area contributed by atoms with Crippen LogP contribution in [0, 0.1) is 6.92 Å². The maximum Gasteiger partial charge on any atom is 0.218 e. The lowest BCUT2D eigenvalue weighted by Gasteiger charge is -2.01. The predicted molar refractivity (Wildman–Crippen MR) is 55.7 cm³/mol. The van der Waals surface area contributed by atoms with Crippen LogP contribution in [0.2, 0.25) is 0 Å². The van der Waals surface area contributed by atoms with Crippen molar-refractivity contribution in [3.05, 3.63) is 11.8 Å². The van der Waals surface area contributed by atoms with Crippen molar-refractivity contribution >= 4 is 23.5 Å². The number of carbonyl (C=O) groups excluding carboxylic acids is 1. The Balaban J connectivity index is 2.54. The Bertz CT molecular complexity index is 322. The van der Waals surface area contributed by atoms with Gasteiger partial charge in [0.25, 0.3) is 0 Å². The largest absolute Gasteiger partial charge is 0.384 e. The lowest BCUT2D eigenvalue weighted by atomic mass is 10.4. The highest BCUT2D eigenvalue weighted by Crippen LogP contribution is 2.15. The van der Waals surface area contributed by atoms with E-state index in [4.69, 9.17) is 11.5 Å². The normalized spacial score (nSPS) is 10.1. The third-order valence-corrected chi connectivity index (χ3v) is 2.28. The summed E-state index contributed by atoms with van der Waals surface area (Å²) in [5, 5.41) is 0.587. The van der Waals surface area contributed by atoms with Crippen LogP contribution in [0.4, 0.5) is 5.82 Å². The summed E-state index contributed by atoms with van der Waals surface area (Å²) in [5.74, 6) is 0.704. The number of anilines is 1. The van der Waals surface area contributed by atoms with E-state index in [-0.39, 0.29) is 5.91 Å². The Kier molecular flexibility index (Phi) is 3.70. The minimum Gasteiger partial charge on any atom is -0.384 e. The first-order chi connectivity index (χ1) is 6.58. The van der Waals surface area contributed by atoms with Gasteiger partial charge in [-0.1, -0.05) is 11.8 Å². The van der Waals surface area contributed by atoms with Crippen molar-refractivity contribution in [3.63, 3.8) is 0 Å². The van der Waals surface area contributed by atoms with Gasteiger partial charge in [-0.05, 0) is 6.92 Å². The summed E-state index contributed by atoms with van der Waals surface area (Å²) in [7, 11) is 0. The molecule has 1 heterocycles. The molecule has 76 valence electrons. The van der Waals surface area contributed by atoms with Crippen LogP contribution in [0.1, 0.15) is 12.1 Å². The zero-order chi connectivity index (χ0) is 10.6. The van der Waals surface area contributed by atoms with Gasteiger partial charge in [-0.25, -0.2) is 9.97 Å². The zero-order valence-electron chi connectivity index (χ0n) is 7.86. The first-order valence-electron chi connectivity index (χ1n) is 4.10. The van der Waals surface area contributed by atoms with E-state index in [1.54, 1.807) is 6.07 Å². The van der Waals surface area contributed by atoms with Gasteiger partial charge in [-0.3, -0.25) is 4.79 Å². The van der Waals surface area contributed by atoms with Crippen LogP contribution < -0.4 is 11.5 Å². The van der Waals surface area contributed by atoms with Gasteiger partial charge < -0.3 is 11.5 Å². The number of hydrogen-bond acceptors (Lipinski definition) is 5. The Labute approximate surface area is 86.3 Å². The summed E-state index contributed by atoms with van der Waals surface area (Å²) in [5.41, 5.74) is 11.4. The second-order valence-corrected chi connectivity index (χ2v) is 3.84.